The summed E-state index contributed by atoms with van der Waals surface area (Å²) in [7, 11) is 0. The van der Waals surface area contributed by atoms with Crippen LogP contribution in [-0.2, 0) is 6.54 Å². The number of rotatable bonds is 5. The van der Waals surface area contributed by atoms with Crippen molar-refractivity contribution in [2.24, 2.45) is 5.92 Å². The number of nitrogens with one attached hydrogen (secondary N) is 1. The van der Waals surface area contributed by atoms with Gasteiger partial charge in [0, 0.05) is 35.4 Å². The second-order valence-corrected chi connectivity index (χ2v) is 5.62. The predicted molar refractivity (Wildman–Crippen MR) is 83.6 cm³/mol. The number of benzene rings is 1. The zero-order valence-electron chi connectivity index (χ0n) is 12.1. The summed E-state index contributed by atoms with van der Waals surface area (Å²) in [5.41, 5.74) is 3.67. The van der Waals surface area contributed by atoms with E-state index in [0.717, 1.165) is 18.0 Å². The lowest BCUT2D eigenvalue weighted by atomic mass is 10.1. The van der Waals surface area contributed by atoms with Crippen molar-refractivity contribution in [2.45, 2.75) is 33.2 Å². The van der Waals surface area contributed by atoms with Crippen LogP contribution in [0.15, 0.2) is 42.9 Å². The van der Waals surface area contributed by atoms with E-state index in [9.17, 15) is 0 Å². The molecule has 1 atom stereocenters. The summed E-state index contributed by atoms with van der Waals surface area (Å²) in [5, 5.41) is 8.18. The molecule has 3 nitrogen and oxygen atoms in total. The van der Waals surface area contributed by atoms with E-state index in [2.05, 4.69) is 59.1 Å². The third-order valence-corrected chi connectivity index (χ3v) is 3.89. The number of aromatic nitrogens is 3. The first kappa shape index (κ1) is 13.0. The van der Waals surface area contributed by atoms with Gasteiger partial charge in [0.05, 0.1) is 6.20 Å². The van der Waals surface area contributed by atoms with Gasteiger partial charge in [-0.2, -0.15) is 5.10 Å². The second-order valence-electron chi connectivity index (χ2n) is 5.62. The van der Waals surface area contributed by atoms with Crippen LogP contribution >= 0.6 is 0 Å². The Morgan fingerprint density at radius 1 is 1.25 bits per heavy atom. The normalized spacial score (nSPS) is 12.9. The fourth-order valence-electron chi connectivity index (χ4n) is 2.87. The smallest absolute Gasteiger partial charge is 0.0565 e. The van der Waals surface area contributed by atoms with Crippen LogP contribution in [0.4, 0.5) is 0 Å². The Kier molecular flexibility index (Phi) is 3.59. The molecule has 0 aliphatic rings. The zero-order chi connectivity index (χ0) is 13.9. The first-order valence-corrected chi connectivity index (χ1v) is 7.36. The summed E-state index contributed by atoms with van der Waals surface area (Å²) in [5.74, 6) is 0.726. The molecule has 0 radical (unpaired) electrons. The van der Waals surface area contributed by atoms with Crippen molar-refractivity contribution in [1.82, 2.24) is 14.8 Å². The Balaban J connectivity index is 1.90. The number of aromatic amines is 1. The lowest BCUT2D eigenvalue weighted by Gasteiger charge is -2.12. The highest BCUT2D eigenvalue weighted by Crippen LogP contribution is 2.25. The van der Waals surface area contributed by atoms with Crippen molar-refractivity contribution in [1.29, 1.82) is 0 Å². The van der Waals surface area contributed by atoms with E-state index in [4.69, 9.17) is 0 Å². The second kappa shape index (κ2) is 5.53. The van der Waals surface area contributed by atoms with Gasteiger partial charge < -0.3 is 4.57 Å². The highest BCUT2D eigenvalue weighted by atomic mass is 15.1. The maximum Gasteiger partial charge on any atom is 0.0565 e. The number of nitrogens with zero attached hydrogens (tertiary/aromatic N) is 2. The van der Waals surface area contributed by atoms with E-state index in [1.54, 1.807) is 0 Å². The van der Waals surface area contributed by atoms with E-state index >= 15 is 0 Å². The molecule has 0 saturated heterocycles. The molecule has 104 valence electrons. The third kappa shape index (κ3) is 2.48. The molecule has 0 aliphatic carbocycles. The average molecular weight is 267 g/mol. The van der Waals surface area contributed by atoms with Gasteiger partial charge in [-0.3, -0.25) is 5.10 Å². The van der Waals surface area contributed by atoms with Crippen LogP contribution in [0, 0.1) is 5.92 Å². The van der Waals surface area contributed by atoms with Crippen LogP contribution in [0.2, 0.25) is 0 Å². The molecule has 0 spiro atoms. The average Bonchev–Trinajstić information content (AvgIpc) is 3.08. The fourth-order valence-corrected chi connectivity index (χ4v) is 2.87. The number of hydrogen-bond donors (Lipinski definition) is 1. The van der Waals surface area contributed by atoms with Crippen molar-refractivity contribution in [3.63, 3.8) is 0 Å². The minimum absolute atomic E-state index is 0.726. The van der Waals surface area contributed by atoms with Crippen LogP contribution < -0.4 is 0 Å². The highest BCUT2D eigenvalue weighted by molar-refractivity contribution is 5.85. The first-order valence-electron chi connectivity index (χ1n) is 7.36. The molecular weight excluding hydrogens is 246 g/mol. The Bertz CT molecular complexity index is 679. The molecule has 3 aromatic rings. The molecule has 3 rings (SSSR count). The molecule has 0 amide bonds. The van der Waals surface area contributed by atoms with Gasteiger partial charge in [-0.15, -0.1) is 0 Å². The van der Waals surface area contributed by atoms with Gasteiger partial charge in [0.15, 0.2) is 0 Å². The molecule has 2 aromatic heterocycles. The van der Waals surface area contributed by atoms with Crippen molar-refractivity contribution >= 4 is 10.9 Å². The van der Waals surface area contributed by atoms with Crippen molar-refractivity contribution < 1.29 is 0 Å². The molecule has 0 bridgehead atoms. The van der Waals surface area contributed by atoms with E-state index in [1.807, 2.05) is 12.4 Å². The van der Waals surface area contributed by atoms with Gasteiger partial charge in [-0.05, 0) is 36.1 Å². The molecule has 0 aliphatic heterocycles. The fraction of sp³-hybridized carbons (Fsp3) is 0.353. The summed E-state index contributed by atoms with van der Waals surface area (Å²) in [6.07, 6.45) is 8.54. The SMILES string of the molecule is CCCC(C)Cn1ccc2cc(-c3cn[nH]c3)ccc21. The minimum Gasteiger partial charge on any atom is -0.347 e. The molecule has 3 heteroatoms. The van der Waals surface area contributed by atoms with Gasteiger partial charge in [0.2, 0.25) is 0 Å². The van der Waals surface area contributed by atoms with E-state index in [0.29, 0.717) is 0 Å². The van der Waals surface area contributed by atoms with Crippen LogP contribution in [0.5, 0.6) is 0 Å². The monoisotopic (exact) mass is 267 g/mol. The summed E-state index contributed by atoms with van der Waals surface area (Å²) in [6.45, 7) is 5.68. The number of hydrogen-bond acceptors (Lipinski definition) is 1. The molecule has 0 fully saturated rings. The van der Waals surface area contributed by atoms with Gasteiger partial charge in [0.1, 0.15) is 0 Å². The molecule has 0 saturated carbocycles. The molecule has 20 heavy (non-hydrogen) atoms. The lowest BCUT2D eigenvalue weighted by Crippen LogP contribution is -2.05. The third-order valence-electron chi connectivity index (χ3n) is 3.89. The lowest BCUT2D eigenvalue weighted by molar-refractivity contribution is 0.453. The van der Waals surface area contributed by atoms with Gasteiger partial charge in [-0.25, -0.2) is 0 Å². The quantitative estimate of drug-likeness (QED) is 0.727. The highest BCUT2D eigenvalue weighted by Gasteiger charge is 2.07. The Morgan fingerprint density at radius 2 is 2.15 bits per heavy atom. The molecule has 2 heterocycles. The van der Waals surface area contributed by atoms with Crippen LogP contribution in [0.3, 0.4) is 0 Å². The van der Waals surface area contributed by atoms with Crippen LogP contribution in [-0.4, -0.2) is 14.8 Å². The van der Waals surface area contributed by atoms with E-state index in [-0.39, 0.29) is 0 Å². The Hall–Kier alpha value is -2.03. The number of H-pyrrole nitrogens is 1. The van der Waals surface area contributed by atoms with Crippen molar-refractivity contribution in [2.75, 3.05) is 0 Å². The first-order chi connectivity index (χ1) is 9.78. The summed E-state index contributed by atoms with van der Waals surface area (Å²) < 4.78 is 2.37. The zero-order valence-corrected chi connectivity index (χ0v) is 12.1. The minimum atomic E-state index is 0.726. The van der Waals surface area contributed by atoms with Gasteiger partial charge in [-0.1, -0.05) is 26.3 Å². The maximum atomic E-state index is 4.01. The van der Waals surface area contributed by atoms with E-state index < -0.39 is 0 Å². The largest absolute Gasteiger partial charge is 0.347 e. The van der Waals surface area contributed by atoms with E-state index in [1.165, 1.54) is 29.3 Å². The van der Waals surface area contributed by atoms with Gasteiger partial charge >= 0.3 is 0 Å². The topological polar surface area (TPSA) is 33.6 Å². The summed E-state index contributed by atoms with van der Waals surface area (Å²) in [4.78, 5) is 0. The Labute approximate surface area is 119 Å². The van der Waals surface area contributed by atoms with Crippen molar-refractivity contribution in [3.8, 4) is 11.1 Å². The molecular formula is C17H21N3. The van der Waals surface area contributed by atoms with Crippen molar-refractivity contribution in [3.05, 3.63) is 42.9 Å². The molecule has 1 unspecified atom stereocenters. The summed E-state index contributed by atoms with van der Waals surface area (Å²) >= 11 is 0. The maximum absolute atomic E-state index is 4.01. The van der Waals surface area contributed by atoms with Gasteiger partial charge in [0.25, 0.3) is 0 Å². The standard InChI is InChI=1S/C17H21N3/c1-3-4-13(2)12-20-8-7-15-9-14(5-6-17(15)20)16-10-18-19-11-16/h5-11,13H,3-4,12H2,1-2H3,(H,18,19). The predicted octanol–water partition coefficient (Wildman–Crippen LogP) is 4.47. The van der Waals surface area contributed by atoms with Crippen LogP contribution in [0.1, 0.15) is 26.7 Å². The summed E-state index contributed by atoms with van der Waals surface area (Å²) in [6, 6.07) is 8.84. The number of fused-ring (bicyclic) bond motifs is 1. The molecule has 1 N–H and O–H groups in total. The van der Waals surface area contributed by atoms with Crippen LogP contribution in [0.25, 0.3) is 22.0 Å². The molecule has 1 aromatic carbocycles. The Morgan fingerprint density at radius 3 is 2.90 bits per heavy atom.